The monoisotopic (exact) mass is 506 g/mol. The normalized spacial score (nSPS) is 15.4. The molecule has 0 heterocycles. The Morgan fingerprint density at radius 2 is 1.37 bits per heavy atom. The predicted molar refractivity (Wildman–Crippen MR) is 153 cm³/mol. The maximum absolute atomic E-state index is 10.9. The van der Waals surface area contributed by atoms with Gasteiger partial charge in [0.15, 0.2) is 0 Å². The zero-order chi connectivity index (χ0) is 27.1. The molecule has 1 aliphatic rings. The molecule has 0 bridgehead atoms. The Bertz CT molecular complexity index is 1480. The van der Waals surface area contributed by atoms with Crippen LogP contribution in [0.4, 0.5) is 4.79 Å². The molecule has 4 aromatic rings. The highest BCUT2D eigenvalue weighted by Gasteiger charge is 2.39. The lowest BCUT2D eigenvalue weighted by Gasteiger charge is -2.42. The Balaban J connectivity index is 1.72. The molecule has 0 saturated heterocycles. The summed E-state index contributed by atoms with van der Waals surface area (Å²) in [6.45, 7) is 9.30. The van der Waals surface area contributed by atoms with E-state index in [0.717, 1.165) is 52.0 Å². The van der Waals surface area contributed by atoms with E-state index in [-0.39, 0.29) is 10.8 Å². The van der Waals surface area contributed by atoms with Crippen LogP contribution in [0.3, 0.4) is 0 Å². The van der Waals surface area contributed by atoms with Crippen molar-refractivity contribution >= 4 is 6.16 Å². The molecule has 194 valence electrons. The third-order valence-corrected chi connectivity index (χ3v) is 7.91. The fourth-order valence-corrected chi connectivity index (χ4v) is 5.70. The van der Waals surface area contributed by atoms with Crippen molar-refractivity contribution in [3.05, 3.63) is 96.1 Å². The van der Waals surface area contributed by atoms with E-state index >= 15 is 0 Å². The summed E-state index contributed by atoms with van der Waals surface area (Å²) in [5.41, 5.74) is 9.31. The van der Waals surface area contributed by atoms with Crippen molar-refractivity contribution in [1.29, 1.82) is 0 Å². The smallest absolute Gasteiger partial charge is 0.496 e. The molecule has 4 aromatic carbocycles. The number of hydrogen-bond donors (Lipinski definition) is 1. The first-order chi connectivity index (χ1) is 18.1. The second kappa shape index (κ2) is 9.68. The van der Waals surface area contributed by atoms with E-state index in [1.54, 1.807) is 19.2 Å². The number of rotatable bonds is 5. The lowest BCUT2D eigenvalue weighted by Crippen LogP contribution is -2.34. The zero-order valence-electron chi connectivity index (χ0n) is 22.7. The molecular formula is C34H34O4. The Hall–Kier alpha value is -4.05. The number of methoxy groups -OCH3 is 1. The molecule has 1 N–H and O–H groups in total. The highest BCUT2D eigenvalue weighted by Crippen LogP contribution is 2.51. The molecule has 0 aliphatic heterocycles. The molecule has 0 radical (unpaired) electrons. The van der Waals surface area contributed by atoms with Crippen molar-refractivity contribution in [2.24, 2.45) is 0 Å². The van der Waals surface area contributed by atoms with Crippen molar-refractivity contribution in [3.8, 4) is 44.9 Å². The predicted octanol–water partition coefficient (Wildman–Crippen LogP) is 9.10. The van der Waals surface area contributed by atoms with Crippen LogP contribution < -0.4 is 9.47 Å². The maximum atomic E-state index is 10.9. The van der Waals surface area contributed by atoms with Gasteiger partial charge < -0.3 is 14.6 Å². The van der Waals surface area contributed by atoms with Gasteiger partial charge in [-0.15, -0.1) is 0 Å². The molecule has 38 heavy (non-hydrogen) atoms. The molecule has 0 aromatic heterocycles. The van der Waals surface area contributed by atoms with Crippen LogP contribution in [0.15, 0.2) is 84.9 Å². The fourth-order valence-electron chi connectivity index (χ4n) is 5.70. The van der Waals surface area contributed by atoms with Crippen LogP contribution >= 0.6 is 0 Å². The molecule has 0 atom stereocenters. The summed E-state index contributed by atoms with van der Waals surface area (Å²) >= 11 is 0. The van der Waals surface area contributed by atoms with Crippen LogP contribution in [0.25, 0.3) is 33.4 Å². The molecule has 4 nitrogen and oxygen atoms in total. The third-order valence-electron chi connectivity index (χ3n) is 7.91. The summed E-state index contributed by atoms with van der Waals surface area (Å²) in [7, 11) is 1.77. The average Bonchev–Trinajstić information content (AvgIpc) is 2.91. The largest absolute Gasteiger partial charge is 0.511 e. The topological polar surface area (TPSA) is 55.8 Å². The minimum absolute atomic E-state index is 0.0403. The minimum Gasteiger partial charge on any atom is -0.496 e. The number of benzene rings is 4. The van der Waals surface area contributed by atoms with Gasteiger partial charge in [0, 0.05) is 5.56 Å². The van der Waals surface area contributed by atoms with Gasteiger partial charge in [0.2, 0.25) is 0 Å². The molecule has 0 saturated carbocycles. The summed E-state index contributed by atoms with van der Waals surface area (Å²) in [6.07, 6.45) is 0.921. The molecule has 5 rings (SSSR count). The van der Waals surface area contributed by atoms with E-state index < -0.39 is 6.16 Å². The van der Waals surface area contributed by atoms with Gasteiger partial charge in [0.1, 0.15) is 11.5 Å². The minimum atomic E-state index is -1.32. The van der Waals surface area contributed by atoms with Gasteiger partial charge >= 0.3 is 6.16 Å². The van der Waals surface area contributed by atoms with Gasteiger partial charge in [-0.2, -0.15) is 0 Å². The van der Waals surface area contributed by atoms with Crippen LogP contribution in [0.2, 0.25) is 0 Å². The number of carboxylic acid groups (broad SMARTS) is 1. The summed E-state index contributed by atoms with van der Waals surface area (Å²) in [5.74, 6) is 1.24. The summed E-state index contributed by atoms with van der Waals surface area (Å²) < 4.78 is 10.8. The highest BCUT2D eigenvalue weighted by molar-refractivity contribution is 5.88. The fraction of sp³-hybridized carbons (Fsp3) is 0.265. The van der Waals surface area contributed by atoms with E-state index in [2.05, 4.69) is 82.3 Å². The molecule has 1 aliphatic carbocycles. The van der Waals surface area contributed by atoms with Crippen molar-refractivity contribution in [3.63, 3.8) is 0 Å². The van der Waals surface area contributed by atoms with E-state index in [4.69, 9.17) is 14.6 Å². The van der Waals surface area contributed by atoms with E-state index in [9.17, 15) is 4.79 Å². The van der Waals surface area contributed by atoms with Crippen molar-refractivity contribution in [2.75, 3.05) is 7.11 Å². The van der Waals surface area contributed by atoms with Gasteiger partial charge in [-0.25, -0.2) is 4.79 Å². The van der Waals surface area contributed by atoms with Crippen molar-refractivity contribution in [1.82, 2.24) is 0 Å². The van der Waals surface area contributed by atoms with E-state index in [0.29, 0.717) is 5.75 Å². The van der Waals surface area contributed by atoms with Gasteiger partial charge in [-0.05, 0) is 86.9 Å². The zero-order valence-corrected chi connectivity index (χ0v) is 22.7. The lowest BCUT2D eigenvalue weighted by atomic mass is 9.62. The Kier molecular flexibility index (Phi) is 6.52. The second-order valence-corrected chi connectivity index (χ2v) is 11.4. The number of hydrogen-bond acceptors (Lipinski definition) is 3. The maximum Gasteiger partial charge on any atom is 0.511 e. The number of carbonyl (C=O) groups is 1. The van der Waals surface area contributed by atoms with Crippen LogP contribution in [-0.2, 0) is 10.8 Å². The van der Waals surface area contributed by atoms with E-state index in [1.165, 1.54) is 11.1 Å². The van der Waals surface area contributed by atoms with Crippen LogP contribution in [0, 0.1) is 0 Å². The first-order valence-electron chi connectivity index (χ1n) is 13.0. The van der Waals surface area contributed by atoms with Gasteiger partial charge in [-0.1, -0.05) is 88.4 Å². The van der Waals surface area contributed by atoms with Gasteiger partial charge in [0.25, 0.3) is 0 Å². The third kappa shape index (κ3) is 4.79. The highest BCUT2D eigenvalue weighted by atomic mass is 16.7. The number of fused-ring (bicyclic) bond motifs is 1. The van der Waals surface area contributed by atoms with Crippen LogP contribution in [-0.4, -0.2) is 18.4 Å². The standard InChI is InChI=1S/C34H34O4/c1-33(2)17-18-34(3,4)31-29(33)20-25(21-30(31)37-5)28-19-24(13-16-27(28)23-9-7-6-8-10-23)22-11-14-26(15-12-22)38-32(35)36/h6-16,19-21H,17-18H2,1-5H3,(H,35,36). The van der Waals surface area contributed by atoms with Gasteiger partial charge in [-0.3, -0.25) is 0 Å². The summed E-state index contributed by atoms with van der Waals surface area (Å²) in [6, 6.07) is 28.6. The first-order valence-corrected chi connectivity index (χ1v) is 13.0. The lowest BCUT2D eigenvalue weighted by molar-refractivity contribution is 0.144. The van der Waals surface area contributed by atoms with Crippen molar-refractivity contribution < 1.29 is 19.4 Å². The molecular weight excluding hydrogens is 472 g/mol. The molecule has 0 amide bonds. The average molecular weight is 507 g/mol. The summed E-state index contributed by atoms with van der Waals surface area (Å²) in [5, 5.41) is 8.92. The first kappa shape index (κ1) is 25.6. The quantitative estimate of drug-likeness (QED) is 0.217. The Morgan fingerprint density at radius 3 is 2.03 bits per heavy atom. The van der Waals surface area contributed by atoms with Gasteiger partial charge in [0.05, 0.1) is 7.11 Å². The molecule has 0 spiro atoms. The summed E-state index contributed by atoms with van der Waals surface area (Å²) in [4.78, 5) is 10.9. The molecule has 0 fully saturated rings. The number of ether oxygens (including phenoxy) is 2. The SMILES string of the molecule is COc1cc(-c2cc(-c3ccc(OC(=O)O)cc3)ccc2-c2ccccc2)cc2c1C(C)(C)CCC2(C)C. The molecule has 0 unspecified atom stereocenters. The van der Waals surface area contributed by atoms with Crippen LogP contribution in [0.1, 0.15) is 51.7 Å². The second-order valence-electron chi connectivity index (χ2n) is 11.4. The molecule has 4 heteroatoms. The Morgan fingerprint density at radius 1 is 0.711 bits per heavy atom. The van der Waals surface area contributed by atoms with Crippen LogP contribution in [0.5, 0.6) is 11.5 Å². The van der Waals surface area contributed by atoms with Crippen molar-refractivity contribution in [2.45, 2.75) is 51.4 Å². The van der Waals surface area contributed by atoms with E-state index in [1.807, 2.05) is 18.2 Å². The Labute approximate surface area is 224 Å².